The molecule has 2 aromatic rings. The van der Waals surface area contributed by atoms with Gasteiger partial charge in [-0.1, -0.05) is 30.4 Å². The van der Waals surface area contributed by atoms with Crippen LogP contribution in [0.1, 0.15) is 56.1 Å². The van der Waals surface area contributed by atoms with Crippen molar-refractivity contribution in [2.24, 2.45) is 0 Å². The van der Waals surface area contributed by atoms with Gasteiger partial charge >= 0.3 is 5.97 Å². The molecule has 0 fully saturated rings. The zero-order valence-electron chi connectivity index (χ0n) is 22.0. The predicted molar refractivity (Wildman–Crippen MR) is 145 cm³/mol. The first-order chi connectivity index (χ1) is 17.8. The number of anilines is 1. The van der Waals surface area contributed by atoms with E-state index in [0.29, 0.717) is 37.3 Å². The van der Waals surface area contributed by atoms with E-state index in [4.69, 9.17) is 14.6 Å². The second kappa shape index (κ2) is 16.0. The van der Waals surface area contributed by atoms with Gasteiger partial charge in [0.25, 0.3) is 0 Å². The maximum atomic E-state index is 12.3. The van der Waals surface area contributed by atoms with Crippen LogP contribution in [0.5, 0.6) is 11.5 Å². The number of benzene rings is 2. The summed E-state index contributed by atoms with van der Waals surface area (Å²) in [7, 11) is 5.03. The molecule has 2 rings (SSSR count). The number of carbonyl (C=O) groups excluding carboxylic acids is 2. The summed E-state index contributed by atoms with van der Waals surface area (Å²) in [6.45, 7) is 0.508. The minimum atomic E-state index is -0.896. The first-order valence-corrected chi connectivity index (χ1v) is 12.6. The van der Waals surface area contributed by atoms with Gasteiger partial charge in [0.15, 0.2) is 0 Å². The van der Waals surface area contributed by atoms with E-state index >= 15 is 0 Å². The molecule has 0 saturated carbocycles. The molecule has 200 valence electrons. The van der Waals surface area contributed by atoms with Crippen molar-refractivity contribution in [2.75, 3.05) is 33.1 Å². The van der Waals surface area contributed by atoms with Gasteiger partial charge in [-0.2, -0.15) is 0 Å². The van der Waals surface area contributed by atoms with E-state index in [-0.39, 0.29) is 24.7 Å². The zero-order valence-corrected chi connectivity index (χ0v) is 22.0. The number of carbonyl (C=O) groups is 3. The Hall–Kier alpha value is -3.81. The summed E-state index contributed by atoms with van der Waals surface area (Å²) in [6.07, 6.45) is 8.13. The number of carboxylic acids is 1. The number of allylic oxidation sites excluding steroid dienone is 1. The number of methoxy groups -OCH3 is 1. The first-order valence-electron chi connectivity index (χ1n) is 12.6. The maximum absolute atomic E-state index is 12.3. The number of hydrogen-bond donors (Lipinski definition) is 2. The van der Waals surface area contributed by atoms with Crippen molar-refractivity contribution >= 4 is 29.5 Å². The number of carboxylic acid groups (broad SMARTS) is 1. The van der Waals surface area contributed by atoms with Gasteiger partial charge in [0.1, 0.15) is 11.5 Å². The van der Waals surface area contributed by atoms with E-state index in [2.05, 4.69) is 17.5 Å². The molecule has 0 aliphatic carbocycles. The summed E-state index contributed by atoms with van der Waals surface area (Å²) in [4.78, 5) is 36.6. The van der Waals surface area contributed by atoms with Crippen LogP contribution < -0.4 is 14.8 Å². The van der Waals surface area contributed by atoms with Crippen LogP contribution in [0.25, 0.3) is 6.08 Å². The molecule has 0 radical (unpaired) electrons. The summed E-state index contributed by atoms with van der Waals surface area (Å²) < 4.78 is 11.3. The molecule has 2 aromatic carbocycles. The topological polar surface area (TPSA) is 105 Å². The average molecular weight is 511 g/mol. The Morgan fingerprint density at radius 2 is 1.76 bits per heavy atom. The Balaban J connectivity index is 1.85. The Labute approximate surface area is 219 Å². The highest BCUT2D eigenvalue weighted by Gasteiger charge is 2.11. The highest BCUT2D eigenvalue weighted by atomic mass is 16.5. The molecule has 8 heteroatoms. The predicted octanol–water partition coefficient (Wildman–Crippen LogP) is 5.17. The Morgan fingerprint density at radius 1 is 0.973 bits per heavy atom. The van der Waals surface area contributed by atoms with Gasteiger partial charge in [-0.05, 0) is 61.9 Å². The lowest BCUT2D eigenvalue weighted by Crippen LogP contribution is -2.21. The van der Waals surface area contributed by atoms with Gasteiger partial charge in [-0.15, -0.1) is 0 Å². The molecular formula is C29H38N2O6. The minimum absolute atomic E-state index is 0.0160. The van der Waals surface area contributed by atoms with Crippen molar-refractivity contribution in [3.63, 3.8) is 0 Å². The molecule has 0 heterocycles. The molecule has 2 amide bonds. The summed E-state index contributed by atoms with van der Waals surface area (Å²) in [5.41, 5.74) is 2.36. The van der Waals surface area contributed by atoms with E-state index in [1.807, 2.05) is 24.3 Å². The van der Waals surface area contributed by atoms with Crippen molar-refractivity contribution in [3.05, 3.63) is 59.7 Å². The third-order valence-corrected chi connectivity index (χ3v) is 5.70. The molecular weight excluding hydrogens is 472 g/mol. The minimum Gasteiger partial charge on any atom is -0.496 e. The van der Waals surface area contributed by atoms with E-state index in [1.54, 1.807) is 39.4 Å². The standard InChI is InChI=1S/C29H38N2O6/c1-31(2)28(33)15-10-14-27(32)30-24-17-18-26(23(21-24)16-19-29(34)35)37-20-9-5-4-6-11-22-12-7-8-13-25(22)36-3/h6-8,11-13,17-18,21H,4-5,9-10,14-16,19-20H2,1-3H3,(H,30,32)(H,34,35)/b11-6+. The highest BCUT2D eigenvalue weighted by molar-refractivity contribution is 5.91. The number of hydrogen-bond acceptors (Lipinski definition) is 5. The molecule has 0 aliphatic rings. The number of unbranched alkanes of at least 4 members (excludes halogenated alkanes) is 2. The number of amides is 2. The van der Waals surface area contributed by atoms with Crippen molar-refractivity contribution in [2.45, 2.75) is 51.4 Å². The van der Waals surface area contributed by atoms with E-state index in [1.165, 1.54) is 4.90 Å². The fourth-order valence-electron chi connectivity index (χ4n) is 3.64. The van der Waals surface area contributed by atoms with Crippen LogP contribution in [-0.4, -0.2) is 55.6 Å². The lowest BCUT2D eigenvalue weighted by Gasteiger charge is -2.14. The van der Waals surface area contributed by atoms with Gasteiger partial charge in [0.05, 0.1) is 13.7 Å². The Bertz CT molecular complexity index is 1060. The van der Waals surface area contributed by atoms with Crippen molar-refractivity contribution in [3.8, 4) is 11.5 Å². The lowest BCUT2D eigenvalue weighted by atomic mass is 10.1. The third kappa shape index (κ3) is 11.2. The number of aliphatic carboxylic acids is 1. The van der Waals surface area contributed by atoms with Gasteiger partial charge in [-0.3, -0.25) is 14.4 Å². The number of rotatable bonds is 16. The Morgan fingerprint density at radius 3 is 2.49 bits per heavy atom. The van der Waals surface area contributed by atoms with Crippen LogP contribution in [0.15, 0.2) is 48.5 Å². The molecule has 2 N–H and O–H groups in total. The van der Waals surface area contributed by atoms with Crippen molar-refractivity contribution < 1.29 is 29.0 Å². The second-order valence-corrected chi connectivity index (χ2v) is 8.89. The number of ether oxygens (including phenoxy) is 2. The molecule has 0 unspecified atom stereocenters. The largest absolute Gasteiger partial charge is 0.496 e. The first kappa shape index (κ1) is 29.4. The molecule has 37 heavy (non-hydrogen) atoms. The lowest BCUT2D eigenvalue weighted by molar-refractivity contribution is -0.137. The summed E-state index contributed by atoms with van der Waals surface area (Å²) in [5.74, 6) is 0.367. The SMILES string of the molecule is COc1ccccc1/C=C/CCCCOc1ccc(NC(=O)CCCC(=O)N(C)C)cc1CCC(=O)O. The Kier molecular flexibility index (Phi) is 12.8. The van der Waals surface area contributed by atoms with Crippen LogP contribution in [-0.2, 0) is 20.8 Å². The molecule has 8 nitrogen and oxygen atoms in total. The number of nitrogens with zero attached hydrogens (tertiary/aromatic N) is 1. The van der Waals surface area contributed by atoms with Gasteiger partial charge in [0, 0.05) is 44.6 Å². The third-order valence-electron chi connectivity index (χ3n) is 5.70. The van der Waals surface area contributed by atoms with Crippen LogP contribution in [0.2, 0.25) is 0 Å². The smallest absolute Gasteiger partial charge is 0.303 e. The van der Waals surface area contributed by atoms with E-state index in [0.717, 1.165) is 36.1 Å². The normalized spacial score (nSPS) is 10.8. The zero-order chi connectivity index (χ0) is 27.0. The van der Waals surface area contributed by atoms with Crippen LogP contribution in [0.3, 0.4) is 0 Å². The van der Waals surface area contributed by atoms with Crippen LogP contribution >= 0.6 is 0 Å². The highest BCUT2D eigenvalue weighted by Crippen LogP contribution is 2.25. The van der Waals surface area contributed by atoms with E-state index in [9.17, 15) is 14.4 Å². The van der Waals surface area contributed by atoms with Crippen molar-refractivity contribution in [1.29, 1.82) is 0 Å². The molecule has 0 aliphatic heterocycles. The fraction of sp³-hybridized carbons (Fsp3) is 0.414. The molecule has 0 bridgehead atoms. The number of aryl methyl sites for hydroxylation is 1. The van der Waals surface area contributed by atoms with Gasteiger partial charge in [-0.25, -0.2) is 0 Å². The quantitative estimate of drug-likeness (QED) is 0.302. The summed E-state index contributed by atoms with van der Waals surface area (Å²) in [5, 5.41) is 11.9. The van der Waals surface area contributed by atoms with Crippen molar-refractivity contribution in [1.82, 2.24) is 4.90 Å². The second-order valence-electron chi connectivity index (χ2n) is 8.89. The molecule has 0 spiro atoms. The summed E-state index contributed by atoms with van der Waals surface area (Å²) in [6, 6.07) is 13.1. The number of nitrogens with one attached hydrogen (secondary N) is 1. The monoisotopic (exact) mass is 510 g/mol. The molecule has 0 saturated heterocycles. The van der Waals surface area contributed by atoms with E-state index < -0.39 is 5.97 Å². The van der Waals surface area contributed by atoms with Crippen LogP contribution in [0.4, 0.5) is 5.69 Å². The van der Waals surface area contributed by atoms with Gasteiger partial charge < -0.3 is 24.8 Å². The summed E-state index contributed by atoms with van der Waals surface area (Å²) >= 11 is 0. The molecule has 0 aromatic heterocycles. The van der Waals surface area contributed by atoms with Gasteiger partial charge in [0.2, 0.25) is 11.8 Å². The molecule has 0 atom stereocenters. The average Bonchev–Trinajstić information content (AvgIpc) is 2.87. The maximum Gasteiger partial charge on any atom is 0.303 e. The van der Waals surface area contributed by atoms with Crippen LogP contribution in [0, 0.1) is 0 Å². The number of para-hydroxylation sites is 1. The fourth-order valence-corrected chi connectivity index (χ4v) is 3.64.